The Morgan fingerprint density at radius 1 is 0.900 bits per heavy atom. The molecule has 0 bridgehead atoms. The van der Waals surface area contributed by atoms with Crippen LogP contribution in [0.15, 0.2) is 61.2 Å². The molecule has 0 N–H and O–H groups in total. The first kappa shape index (κ1) is 27.5. The van der Waals surface area contributed by atoms with E-state index in [1.807, 2.05) is 6.08 Å². The van der Waals surface area contributed by atoms with Crippen molar-refractivity contribution < 1.29 is 40.2 Å². The molecule has 1 heterocycles. The third kappa shape index (κ3) is 5.63. The number of hydrogen-bond acceptors (Lipinski definition) is 2. The highest BCUT2D eigenvalue weighted by Gasteiger charge is 2.25. The molecule has 40 heavy (non-hydrogen) atoms. The van der Waals surface area contributed by atoms with Crippen molar-refractivity contribution in [2.24, 2.45) is 5.92 Å². The summed E-state index contributed by atoms with van der Waals surface area (Å²) in [6.07, 6.45) is -1.58. The third-order valence-corrected chi connectivity index (χ3v) is 6.83. The average Bonchev–Trinajstić information content (AvgIpc) is 2.91. The number of hydrogen-bond donors (Lipinski definition) is 0. The molecule has 5 rings (SSSR count). The zero-order chi connectivity index (χ0) is 28.6. The minimum atomic E-state index is -4.91. The molecule has 4 aromatic carbocycles. The first-order valence-corrected chi connectivity index (χ1v) is 12.3. The zero-order valence-corrected chi connectivity index (χ0v) is 20.8. The van der Waals surface area contributed by atoms with Crippen molar-refractivity contribution in [1.82, 2.24) is 0 Å². The van der Waals surface area contributed by atoms with Crippen LogP contribution in [0.3, 0.4) is 0 Å². The number of benzene rings is 4. The molecule has 1 fully saturated rings. The normalized spacial score (nSPS) is 17.5. The average molecular weight is 558 g/mol. The Hall–Kier alpha value is -4.03. The van der Waals surface area contributed by atoms with Gasteiger partial charge in [0.2, 0.25) is 0 Å². The predicted molar refractivity (Wildman–Crippen MR) is 137 cm³/mol. The van der Waals surface area contributed by atoms with Gasteiger partial charge in [-0.25, -0.2) is 17.6 Å². The summed E-state index contributed by atoms with van der Waals surface area (Å²) in [6, 6.07) is 10.8. The summed E-state index contributed by atoms with van der Waals surface area (Å²) in [4.78, 5) is 0. The van der Waals surface area contributed by atoms with Crippen molar-refractivity contribution in [2.75, 3.05) is 6.61 Å². The second-order valence-electron chi connectivity index (χ2n) is 9.52. The summed E-state index contributed by atoms with van der Waals surface area (Å²) in [7, 11) is 0. The predicted octanol–water partition coefficient (Wildman–Crippen LogP) is 8.70. The SMILES string of the molecule is C=CC1CCC(c2ccc3c(F)c(OCc4ccc5c(F)c(C#CC(F)(F)F)c(F)cc5c4)c(F)cc3c2)OC1. The van der Waals surface area contributed by atoms with E-state index in [0.717, 1.165) is 30.4 Å². The van der Waals surface area contributed by atoms with E-state index in [1.54, 1.807) is 12.1 Å². The standard InChI is InChI=1S/C31H21F7O2/c1-2-17-4-8-27(39-15-17)19-5-7-23-21(12-19)14-26(33)30(29(23)35)40-16-18-3-6-22-20(11-18)13-25(32)24(28(22)34)9-10-31(36,37)38/h2-3,5-7,11-14,17,27H,1,4,8,15-16H2. The summed E-state index contributed by atoms with van der Waals surface area (Å²) in [6.45, 7) is 3.97. The van der Waals surface area contributed by atoms with Gasteiger partial charge in [0.25, 0.3) is 0 Å². The van der Waals surface area contributed by atoms with Gasteiger partial charge < -0.3 is 9.47 Å². The van der Waals surface area contributed by atoms with Gasteiger partial charge in [0, 0.05) is 22.6 Å². The number of ether oxygens (including phenoxy) is 2. The first-order valence-electron chi connectivity index (χ1n) is 12.3. The minimum Gasteiger partial charge on any atom is -0.483 e. The molecule has 206 valence electrons. The maximum Gasteiger partial charge on any atom is 0.458 e. The largest absolute Gasteiger partial charge is 0.483 e. The fraction of sp³-hybridized carbons (Fsp3) is 0.226. The van der Waals surface area contributed by atoms with E-state index in [2.05, 4.69) is 6.58 Å². The number of alkyl halides is 3. The molecule has 0 aromatic heterocycles. The Kier molecular flexibility index (Phi) is 7.47. The Labute approximate surface area is 225 Å². The van der Waals surface area contributed by atoms with Gasteiger partial charge in [-0.05, 0) is 59.0 Å². The van der Waals surface area contributed by atoms with Crippen LogP contribution in [0.5, 0.6) is 5.75 Å². The molecule has 0 radical (unpaired) electrons. The Morgan fingerprint density at radius 2 is 1.60 bits per heavy atom. The molecule has 0 saturated carbocycles. The molecule has 1 saturated heterocycles. The molecule has 0 amide bonds. The van der Waals surface area contributed by atoms with E-state index < -0.39 is 40.8 Å². The quantitative estimate of drug-likeness (QED) is 0.139. The molecule has 4 aromatic rings. The second-order valence-corrected chi connectivity index (χ2v) is 9.52. The summed E-state index contributed by atoms with van der Waals surface area (Å²) < 4.78 is 108. The third-order valence-electron chi connectivity index (χ3n) is 6.83. The van der Waals surface area contributed by atoms with Crippen molar-refractivity contribution in [2.45, 2.75) is 31.7 Å². The highest BCUT2D eigenvalue weighted by molar-refractivity contribution is 5.86. The van der Waals surface area contributed by atoms with Crippen LogP contribution in [0.4, 0.5) is 30.7 Å². The summed E-state index contributed by atoms with van der Waals surface area (Å²) >= 11 is 0. The topological polar surface area (TPSA) is 18.5 Å². The van der Waals surface area contributed by atoms with Crippen LogP contribution < -0.4 is 4.74 Å². The Balaban J connectivity index is 1.37. The molecule has 2 nitrogen and oxygen atoms in total. The molecule has 0 aliphatic carbocycles. The number of fused-ring (bicyclic) bond motifs is 2. The smallest absolute Gasteiger partial charge is 0.458 e. The van der Waals surface area contributed by atoms with E-state index in [1.165, 1.54) is 36.3 Å². The highest BCUT2D eigenvalue weighted by Crippen LogP contribution is 2.36. The first-order chi connectivity index (χ1) is 19.0. The summed E-state index contributed by atoms with van der Waals surface area (Å²) in [5.41, 5.74) is 0.126. The molecule has 1 aliphatic heterocycles. The fourth-order valence-corrected chi connectivity index (χ4v) is 4.76. The van der Waals surface area contributed by atoms with Gasteiger partial charge in [0.05, 0.1) is 18.3 Å². The summed E-state index contributed by atoms with van der Waals surface area (Å²) in [5, 5.41) is 0.341. The number of rotatable bonds is 5. The van der Waals surface area contributed by atoms with Gasteiger partial charge in [0.15, 0.2) is 17.4 Å². The van der Waals surface area contributed by atoms with Crippen molar-refractivity contribution in [1.29, 1.82) is 0 Å². The molecular weight excluding hydrogens is 537 g/mol. The van der Waals surface area contributed by atoms with E-state index in [0.29, 0.717) is 17.6 Å². The monoisotopic (exact) mass is 558 g/mol. The Morgan fingerprint density at radius 3 is 2.30 bits per heavy atom. The van der Waals surface area contributed by atoms with E-state index in [-0.39, 0.29) is 34.8 Å². The Bertz CT molecular complexity index is 1670. The lowest BCUT2D eigenvalue weighted by atomic mass is 9.93. The van der Waals surface area contributed by atoms with E-state index in [9.17, 15) is 26.3 Å². The molecule has 2 unspecified atom stereocenters. The van der Waals surface area contributed by atoms with Crippen LogP contribution in [0.2, 0.25) is 0 Å². The molecule has 1 aliphatic rings. The number of halogens is 7. The molecular formula is C31H21F7O2. The summed E-state index contributed by atoms with van der Waals surface area (Å²) in [5.74, 6) is -2.34. The van der Waals surface area contributed by atoms with Crippen LogP contribution in [0.1, 0.15) is 35.6 Å². The van der Waals surface area contributed by atoms with E-state index >= 15 is 4.39 Å². The van der Waals surface area contributed by atoms with Gasteiger partial charge in [-0.15, -0.1) is 6.58 Å². The lowest BCUT2D eigenvalue weighted by molar-refractivity contribution is -0.0696. The van der Waals surface area contributed by atoms with Crippen LogP contribution in [0.25, 0.3) is 21.5 Å². The second kappa shape index (κ2) is 10.9. The molecule has 0 spiro atoms. The highest BCUT2D eigenvalue weighted by atomic mass is 19.4. The van der Waals surface area contributed by atoms with Crippen LogP contribution in [0, 0.1) is 41.0 Å². The fourth-order valence-electron chi connectivity index (χ4n) is 4.76. The lowest BCUT2D eigenvalue weighted by Crippen LogP contribution is -2.19. The van der Waals surface area contributed by atoms with Crippen molar-refractivity contribution >= 4 is 21.5 Å². The van der Waals surface area contributed by atoms with Crippen LogP contribution in [-0.4, -0.2) is 12.8 Å². The zero-order valence-electron chi connectivity index (χ0n) is 20.8. The van der Waals surface area contributed by atoms with Crippen LogP contribution >= 0.6 is 0 Å². The van der Waals surface area contributed by atoms with Gasteiger partial charge >= 0.3 is 6.18 Å². The maximum absolute atomic E-state index is 15.3. The molecule has 2 atom stereocenters. The van der Waals surface area contributed by atoms with Gasteiger partial charge in [-0.3, -0.25) is 0 Å². The van der Waals surface area contributed by atoms with Gasteiger partial charge in [-0.2, -0.15) is 13.2 Å². The lowest BCUT2D eigenvalue weighted by Gasteiger charge is -2.27. The maximum atomic E-state index is 15.3. The van der Waals surface area contributed by atoms with Gasteiger partial charge in [-0.1, -0.05) is 36.3 Å². The van der Waals surface area contributed by atoms with Crippen molar-refractivity contribution in [3.63, 3.8) is 0 Å². The minimum absolute atomic E-state index is 0.0185. The van der Waals surface area contributed by atoms with Gasteiger partial charge in [0.1, 0.15) is 18.2 Å². The van der Waals surface area contributed by atoms with Crippen molar-refractivity contribution in [3.8, 4) is 17.6 Å². The van der Waals surface area contributed by atoms with Crippen LogP contribution in [-0.2, 0) is 11.3 Å². The van der Waals surface area contributed by atoms with Crippen molar-refractivity contribution in [3.05, 3.63) is 101 Å². The van der Waals surface area contributed by atoms with E-state index in [4.69, 9.17) is 9.47 Å². The molecule has 9 heteroatoms.